The predicted molar refractivity (Wildman–Crippen MR) is 66.3 cm³/mol. The van der Waals surface area contributed by atoms with Crippen LogP contribution in [0.3, 0.4) is 0 Å². The Kier molecular flexibility index (Phi) is 5.11. The van der Waals surface area contributed by atoms with Crippen LogP contribution in [0.5, 0.6) is 0 Å². The van der Waals surface area contributed by atoms with E-state index >= 15 is 0 Å². The van der Waals surface area contributed by atoms with Crippen LogP contribution in [-0.4, -0.2) is 24.7 Å². The molecule has 1 N–H and O–H groups in total. The van der Waals surface area contributed by atoms with Crippen molar-refractivity contribution in [1.29, 1.82) is 0 Å². The molecule has 0 aliphatic heterocycles. The van der Waals surface area contributed by atoms with Gasteiger partial charge in [0, 0.05) is 12.6 Å². The Morgan fingerprint density at radius 1 is 1.65 bits per heavy atom. The molecular weight excluding hydrogens is 264 g/mol. The summed E-state index contributed by atoms with van der Waals surface area (Å²) < 4.78 is 5.14. The van der Waals surface area contributed by atoms with E-state index in [1.165, 1.54) is 18.4 Å². The van der Waals surface area contributed by atoms with Crippen LogP contribution in [0.25, 0.3) is 5.76 Å². The highest BCUT2D eigenvalue weighted by molar-refractivity contribution is 7.14. The molecule has 5 nitrogen and oxygen atoms in total. The minimum atomic E-state index is -0.738. The number of hydrogen-bond acceptors (Lipinski definition) is 6. The zero-order chi connectivity index (χ0) is 12.8. The molecule has 0 saturated carbocycles. The number of aliphatic hydroxyl groups is 1. The molecule has 1 heterocycles. The Labute approximate surface area is 107 Å². The van der Waals surface area contributed by atoms with Gasteiger partial charge in [-0.1, -0.05) is 11.6 Å². The summed E-state index contributed by atoms with van der Waals surface area (Å²) in [5.41, 5.74) is 0.0850. The van der Waals surface area contributed by atoms with Crippen LogP contribution < -0.4 is 0 Å². The Bertz CT molecular complexity index is 468. The lowest BCUT2D eigenvalue weighted by atomic mass is 10.2. The van der Waals surface area contributed by atoms with Gasteiger partial charge in [0.15, 0.2) is 5.76 Å². The van der Waals surface area contributed by atoms with E-state index in [0.717, 1.165) is 0 Å². The lowest BCUT2D eigenvalue weighted by molar-refractivity contribution is -0.138. The normalized spacial score (nSPS) is 12.6. The topological polar surface area (TPSA) is 71.2 Å². The Hall–Kier alpha value is -1.40. The molecule has 0 radical (unpaired) electrons. The van der Waals surface area contributed by atoms with Crippen molar-refractivity contribution in [3.05, 3.63) is 27.0 Å². The molecule has 7 heteroatoms. The van der Waals surface area contributed by atoms with Crippen LogP contribution in [0.15, 0.2) is 27.4 Å². The summed E-state index contributed by atoms with van der Waals surface area (Å²) in [5, 5.41) is 18.7. The van der Waals surface area contributed by atoms with Gasteiger partial charge in [-0.15, -0.1) is 16.5 Å². The van der Waals surface area contributed by atoms with Gasteiger partial charge in [-0.05, 0) is 18.4 Å². The van der Waals surface area contributed by atoms with Gasteiger partial charge in [0.05, 0.1) is 6.61 Å². The van der Waals surface area contributed by atoms with Crippen molar-refractivity contribution >= 4 is 34.7 Å². The van der Waals surface area contributed by atoms with E-state index in [1.807, 2.05) is 0 Å². The van der Waals surface area contributed by atoms with E-state index in [0.29, 0.717) is 9.90 Å². The smallest absolute Gasteiger partial charge is 0.362 e. The van der Waals surface area contributed by atoms with Crippen LogP contribution >= 0.6 is 22.9 Å². The quantitative estimate of drug-likeness (QED) is 0.396. The van der Waals surface area contributed by atoms with Crippen molar-refractivity contribution < 1.29 is 14.6 Å². The molecule has 0 saturated heterocycles. The fourth-order valence-corrected chi connectivity index (χ4v) is 2.00. The first-order valence-electron chi connectivity index (χ1n) is 4.75. The highest BCUT2D eigenvalue weighted by Gasteiger charge is 2.20. The maximum atomic E-state index is 11.5. The summed E-state index contributed by atoms with van der Waals surface area (Å²) in [6.07, 6.45) is 0. The molecule has 0 amide bonds. The van der Waals surface area contributed by atoms with Crippen molar-refractivity contribution in [2.45, 2.75) is 6.92 Å². The SMILES string of the molecule is CCOC(=O)C(N=NC)=C(O)c1ccsc1Cl. The first-order chi connectivity index (χ1) is 8.11. The second-order valence-electron chi connectivity index (χ2n) is 2.83. The van der Waals surface area contributed by atoms with Crippen molar-refractivity contribution in [2.24, 2.45) is 10.2 Å². The van der Waals surface area contributed by atoms with Crippen LogP contribution in [-0.2, 0) is 9.53 Å². The molecule has 0 atom stereocenters. The lowest BCUT2D eigenvalue weighted by Gasteiger charge is -2.04. The first-order valence-corrected chi connectivity index (χ1v) is 6.01. The fourth-order valence-electron chi connectivity index (χ4n) is 1.07. The molecule has 0 bridgehead atoms. The second kappa shape index (κ2) is 6.36. The number of thiophene rings is 1. The number of carbonyl (C=O) groups excluding carboxylic acids is 1. The maximum absolute atomic E-state index is 11.5. The molecule has 0 aliphatic rings. The van der Waals surface area contributed by atoms with Gasteiger partial charge in [0.25, 0.3) is 0 Å². The molecule has 0 unspecified atom stereocenters. The van der Waals surface area contributed by atoms with Gasteiger partial charge < -0.3 is 9.84 Å². The number of nitrogens with zero attached hydrogens (tertiary/aromatic N) is 2. The average Bonchev–Trinajstić information content (AvgIpc) is 2.71. The number of carbonyl (C=O) groups is 1. The minimum absolute atomic E-state index is 0.187. The number of halogens is 1. The summed E-state index contributed by atoms with van der Waals surface area (Å²) in [7, 11) is 1.39. The van der Waals surface area contributed by atoms with Gasteiger partial charge in [-0.2, -0.15) is 5.11 Å². The van der Waals surface area contributed by atoms with E-state index in [1.54, 1.807) is 18.4 Å². The first kappa shape index (κ1) is 13.7. The van der Waals surface area contributed by atoms with E-state index in [-0.39, 0.29) is 18.1 Å². The summed E-state index contributed by atoms with van der Waals surface area (Å²) in [6, 6.07) is 1.59. The summed E-state index contributed by atoms with van der Waals surface area (Å²) in [6.45, 7) is 1.85. The van der Waals surface area contributed by atoms with E-state index in [4.69, 9.17) is 16.3 Å². The standard InChI is InChI=1S/C10H11ClN2O3S/c1-3-16-10(15)7(13-12-2)8(14)6-4-5-17-9(6)11/h4-5,14H,3H2,1-2H3. The monoisotopic (exact) mass is 274 g/mol. The van der Waals surface area contributed by atoms with E-state index in [2.05, 4.69) is 10.2 Å². The fraction of sp³-hybridized carbons (Fsp3) is 0.300. The van der Waals surface area contributed by atoms with Crippen molar-refractivity contribution in [3.8, 4) is 0 Å². The second-order valence-corrected chi connectivity index (χ2v) is 4.34. The molecular formula is C10H11ClN2O3S. The molecule has 0 spiro atoms. The Morgan fingerprint density at radius 3 is 2.82 bits per heavy atom. The number of rotatable bonds is 4. The number of aliphatic hydroxyl groups excluding tert-OH is 1. The number of hydrogen-bond donors (Lipinski definition) is 1. The average molecular weight is 275 g/mol. The zero-order valence-corrected chi connectivity index (χ0v) is 10.9. The Morgan fingerprint density at radius 2 is 2.35 bits per heavy atom. The molecule has 1 aromatic rings. The van der Waals surface area contributed by atoms with Crippen molar-refractivity contribution in [2.75, 3.05) is 13.7 Å². The molecule has 1 rings (SSSR count). The largest absolute Gasteiger partial charge is 0.505 e. The maximum Gasteiger partial charge on any atom is 0.362 e. The van der Waals surface area contributed by atoms with Crippen LogP contribution in [0.2, 0.25) is 4.34 Å². The highest BCUT2D eigenvalue weighted by Crippen LogP contribution is 2.30. The molecule has 0 aromatic carbocycles. The van der Waals surface area contributed by atoms with Gasteiger partial charge in [0.1, 0.15) is 4.34 Å². The third kappa shape index (κ3) is 3.28. The van der Waals surface area contributed by atoms with E-state index < -0.39 is 5.97 Å². The van der Waals surface area contributed by atoms with Crippen molar-refractivity contribution in [1.82, 2.24) is 0 Å². The van der Waals surface area contributed by atoms with Crippen molar-refractivity contribution in [3.63, 3.8) is 0 Å². The van der Waals surface area contributed by atoms with Gasteiger partial charge in [0.2, 0.25) is 5.70 Å². The summed E-state index contributed by atoms with van der Waals surface area (Å²) >= 11 is 7.10. The van der Waals surface area contributed by atoms with Gasteiger partial charge in [-0.3, -0.25) is 0 Å². The molecule has 92 valence electrons. The molecule has 0 fully saturated rings. The molecule has 0 aliphatic carbocycles. The summed E-state index contributed by atoms with van der Waals surface area (Å²) in [4.78, 5) is 11.5. The predicted octanol–water partition coefficient (Wildman–Crippen LogP) is 3.27. The van der Waals surface area contributed by atoms with Crippen LogP contribution in [0.4, 0.5) is 0 Å². The highest BCUT2D eigenvalue weighted by atomic mass is 35.5. The minimum Gasteiger partial charge on any atom is -0.505 e. The third-order valence-corrected chi connectivity index (χ3v) is 2.94. The summed E-state index contributed by atoms with van der Waals surface area (Å²) in [5.74, 6) is -1.07. The van der Waals surface area contributed by atoms with E-state index in [9.17, 15) is 9.90 Å². The zero-order valence-electron chi connectivity index (χ0n) is 9.31. The van der Waals surface area contributed by atoms with Gasteiger partial charge >= 0.3 is 5.97 Å². The number of ether oxygens (including phenoxy) is 1. The Balaban J connectivity index is 3.20. The number of azo groups is 1. The van der Waals surface area contributed by atoms with Gasteiger partial charge in [-0.25, -0.2) is 4.79 Å². The molecule has 1 aromatic heterocycles. The third-order valence-electron chi connectivity index (χ3n) is 1.77. The lowest BCUT2D eigenvalue weighted by Crippen LogP contribution is -2.08. The number of esters is 1. The van der Waals surface area contributed by atoms with Crippen LogP contribution in [0, 0.1) is 0 Å². The molecule has 17 heavy (non-hydrogen) atoms. The van der Waals surface area contributed by atoms with Crippen LogP contribution in [0.1, 0.15) is 12.5 Å².